The summed E-state index contributed by atoms with van der Waals surface area (Å²) in [5, 5.41) is 0. The molecular weight excluding hydrogens is 224 g/mol. The lowest BCUT2D eigenvalue weighted by Crippen LogP contribution is -1.84. The monoisotopic (exact) mass is 240 g/mol. The SMILES string of the molecule is CCCC(CCC)=C(SS)SS. The van der Waals surface area contributed by atoms with E-state index >= 15 is 0 Å². The molecule has 0 heterocycles. The number of rotatable bonds is 6. The molecule has 0 atom stereocenters. The van der Waals surface area contributed by atoms with Gasteiger partial charge in [0.1, 0.15) is 0 Å². The van der Waals surface area contributed by atoms with Gasteiger partial charge in [0.25, 0.3) is 0 Å². The Morgan fingerprint density at radius 3 is 1.67 bits per heavy atom. The summed E-state index contributed by atoms with van der Waals surface area (Å²) in [5.41, 5.74) is 1.51. The summed E-state index contributed by atoms with van der Waals surface area (Å²) in [5.74, 6) is 0. The van der Waals surface area contributed by atoms with E-state index < -0.39 is 0 Å². The number of thiol groups is 2. The maximum absolute atomic E-state index is 4.21. The molecule has 0 nitrogen and oxygen atoms in total. The van der Waals surface area contributed by atoms with Crippen LogP contribution in [0.4, 0.5) is 0 Å². The highest BCUT2D eigenvalue weighted by Gasteiger charge is 2.04. The lowest BCUT2D eigenvalue weighted by molar-refractivity contribution is 0.804. The highest BCUT2D eigenvalue weighted by Crippen LogP contribution is 2.38. The maximum atomic E-state index is 4.21. The van der Waals surface area contributed by atoms with E-state index in [1.807, 2.05) is 0 Å². The third-order valence-corrected chi connectivity index (χ3v) is 4.80. The van der Waals surface area contributed by atoms with Crippen LogP contribution in [0.25, 0.3) is 0 Å². The molecule has 0 amide bonds. The smallest absolute Gasteiger partial charge is 0.0606 e. The lowest BCUT2D eigenvalue weighted by atomic mass is 10.1. The lowest BCUT2D eigenvalue weighted by Gasteiger charge is -2.08. The van der Waals surface area contributed by atoms with E-state index in [-0.39, 0.29) is 0 Å². The number of hydrogen-bond donors (Lipinski definition) is 2. The van der Waals surface area contributed by atoms with E-state index in [4.69, 9.17) is 0 Å². The van der Waals surface area contributed by atoms with Gasteiger partial charge in [0.15, 0.2) is 0 Å². The molecule has 0 aliphatic heterocycles. The summed E-state index contributed by atoms with van der Waals surface area (Å²) in [4.78, 5) is 0. The zero-order valence-electron chi connectivity index (χ0n) is 7.54. The molecule has 0 fully saturated rings. The molecule has 0 N–H and O–H groups in total. The van der Waals surface area contributed by atoms with Crippen LogP contribution in [0.1, 0.15) is 39.5 Å². The molecular formula is C8H16S4. The van der Waals surface area contributed by atoms with Gasteiger partial charge >= 0.3 is 0 Å². The molecule has 12 heavy (non-hydrogen) atoms. The van der Waals surface area contributed by atoms with Gasteiger partial charge in [-0.15, -0.1) is 23.3 Å². The second kappa shape index (κ2) is 8.73. The highest BCUT2D eigenvalue weighted by atomic mass is 33.1. The van der Waals surface area contributed by atoms with Crippen molar-refractivity contribution in [3.8, 4) is 0 Å². The molecule has 0 aliphatic carbocycles. The first-order chi connectivity index (χ1) is 5.79. The van der Waals surface area contributed by atoms with Crippen LogP contribution in [0.3, 0.4) is 0 Å². The largest absolute Gasteiger partial charge is 0.106 e. The Morgan fingerprint density at radius 1 is 1.00 bits per heavy atom. The summed E-state index contributed by atoms with van der Waals surface area (Å²) in [6.45, 7) is 4.42. The fourth-order valence-corrected chi connectivity index (χ4v) is 3.85. The predicted octanol–water partition coefficient (Wildman–Crippen LogP) is 4.95. The molecule has 0 spiro atoms. The van der Waals surface area contributed by atoms with Gasteiger partial charge in [0.05, 0.1) is 4.24 Å². The van der Waals surface area contributed by atoms with Gasteiger partial charge < -0.3 is 0 Å². The van der Waals surface area contributed by atoms with Crippen molar-refractivity contribution in [3.05, 3.63) is 9.81 Å². The maximum Gasteiger partial charge on any atom is 0.0606 e. The van der Waals surface area contributed by atoms with Gasteiger partial charge in [-0.3, -0.25) is 0 Å². The van der Waals surface area contributed by atoms with Gasteiger partial charge in [-0.05, 0) is 18.4 Å². The summed E-state index contributed by atoms with van der Waals surface area (Å²) in [6, 6.07) is 0. The quantitative estimate of drug-likeness (QED) is 0.498. The summed E-state index contributed by atoms with van der Waals surface area (Å²) in [7, 11) is 3.04. The van der Waals surface area contributed by atoms with Gasteiger partial charge in [-0.1, -0.05) is 48.3 Å². The zero-order chi connectivity index (χ0) is 9.40. The van der Waals surface area contributed by atoms with Gasteiger partial charge in [0.2, 0.25) is 0 Å². The van der Waals surface area contributed by atoms with Crippen molar-refractivity contribution in [2.75, 3.05) is 0 Å². The van der Waals surface area contributed by atoms with Crippen LogP contribution in [-0.2, 0) is 0 Å². The van der Waals surface area contributed by atoms with Crippen LogP contribution in [0, 0.1) is 0 Å². The van der Waals surface area contributed by atoms with Crippen molar-refractivity contribution in [3.63, 3.8) is 0 Å². The molecule has 0 bridgehead atoms. The van der Waals surface area contributed by atoms with Gasteiger partial charge in [0, 0.05) is 0 Å². The standard InChI is InChI=1S/C8H16S4/c1-3-5-7(6-4-2)8(11-9)12-10/h9-10H,3-6H2,1-2H3. The van der Waals surface area contributed by atoms with Crippen molar-refractivity contribution in [2.45, 2.75) is 39.5 Å². The van der Waals surface area contributed by atoms with E-state index in [1.54, 1.807) is 0 Å². The first kappa shape index (κ1) is 13.1. The molecule has 0 unspecified atom stereocenters. The fourth-order valence-electron chi connectivity index (χ4n) is 1.08. The molecule has 0 rings (SSSR count). The fraction of sp³-hybridized carbons (Fsp3) is 0.750. The molecule has 0 radical (unpaired) electrons. The van der Waals surface area contributed by atoms with Gasteiger partial charge in [-0.2, -0.15) is 0 Å². The van der Waals surface area contributed by atoms with Crippen molar-refractivity contribution in [1.29, 1.82) is 0 Å². The van der Waals surface area contributed by atoms with E-state index in [9.17, 15) is 0 Å². The Kier molecular flexibility index (Phi) is 9.55. The molecule has 0 aromatic rings. The summed E-state index contributed by atoms with van der Waals surface area (Å²) < 4.78 is 1.27. The Balaban J connectivity index is 4.27. The van der Waals surface area contributed by atoms with Crippen LogP contribution >= 0.6 is 44.9 Å². The Labute approximate surface area is 94.0 Å². The Hall–Kier alpha value is 1.14. The Bertz CT molecular complexity index is 128. The third kappa shape index (κ3) is 5.00. The molecule has 0 aromatic heterocycles. The second-order valence-corrected chi connectivity index (χ2v) is 5.11. The topological polar surface area (TPSA) is 0 Å². The van der Waals surface area contributed by atoms with Crippen LogP contribution in [0.2, 0.25) is 0 Å². The van der Waals surface area contributed by atoms with Crippen LogP contribution in [0.15, 0.2) is 9.81 Å². The number of allylic oxidation sites excluding steroid dienone is 1. The van der Waals surface area contributed by atoms with Crippen molar-refractivity contribution in [1.82, 2.24) is 0 Å². The molecule has 0 aromatic carbocycles. The average Bonchev–Trinajstić information content (AvgIpc) is 2.07. The van der Waals surface area contributed by atoms with Gasteiger partial charge in [-0.25, -0.2) is 0 Å². The average molecular weight is 240 g/mol. The zero-order valence-corrected chi connectivity index (χ0v) is 11.0. The summed E-state index contributed by atoms with van der Waals surface area (Å²) in [6.07, 6.45) is 4.79. The third-order valence-electron chi connectivity index (χ3n) is 1.56. The van der Waals surface area contributed by atoms with E-state index in [1.165, 1.54) is 57.1 Å². The Morgan fingerprint density at radius 2 is 1.42 bits per heavy atom. The molecule has 0 aliphatic rings. The second-order valence-electron chi connectivity index (χ2n) is 2.57. The highest BCUT2D eigenvalue weighted by molar-refractivity contribution is 8.80. The molecule has 4 heteroatoms. The van der Waals surface area contributed by atoms with Crippen LogP contribution < -0.4 is 0 Å². The van der Waals surface area contributed by atoms with Crippen LogP contribution in [0.5, 0.6) is 0 Å². The van der Waals surface area contributed by atoms with Crippen molar-refractivity contribution in [2.24, 2.45) is 0 Å². The minimum absolute atomic E-state index is 1.18. The first-order valence-corrected chi connectivity index (χ1v) is 7.88. The van der Waals surface area contributed by atoms with E-state index in [0.717, 1.165) is 0 Å². The predicted molar refractivity (Wildman–Crippen MR) is 70.0 cm³/mol. The molecule has 0 saturated carbocycles. The van der Waals surface area contributed by atoms with Crippen molar-refractivity contribution < 1.29 is 0 Å². The molecule has 72 valence electrons. The summed E-state index contributed by atoms with van der Waals surface area (Å²) >= 11 is 8.42. The van der Waals surface area contributed by atoms with E-state index in [0.29, 0.717) is 0 Å². The van der Waals surface area contributed by atoms with E-state index in [2.05, 4.69) is 37.2 Å². The first-order valence-electron chi connectivity index (χ1n) is 4.14. The minimum atomic E-state index is 1.18. The van der Waals surface area contributed by atoms with Crippen molar-refractivity contribution >= 4 is 44.9 Å². The minimum Gasteiger partial charge on any atom is -0.106 e. The number of hydrogen-bond acceptors (Lipinski definition) is 4. The van der Waals surface area contributed by atoms with Crippen LogP contribution in [-0.4, -0.2) is 0 Å². The normalized spacial score (nSPS) is 10.0. The molecule has 0 saturated heterocycles.